The maximum atomic E-state index is 13.8. The molecule has 2 N–H and O–H groups in total. The van der Waals surface area contributed by atoms with Gasteiger partial charge in [0.2, 0.25) is 0 Å². The number of anilines is 1. The van der Waals surface area contributed by atoms with E-state index >= 15 is 0 Å². The third kappa shape index (κ3) is 6.00. The van der Waals surface area contributed by atoms with Gasteiger partial charge in [-0.2, -0.15) is 5.10 Å². The van der Waals surface area contributed by atoms with Gasteiger partial charge in [-0.05, 0) is 114 Å². The highest BCUT2D eigenvalue weighted by molar-refractivity contribution is 7.15. The number of benzene rings is 2. The average molecular weight is 638 g/mol. The Morgan fingerprint density at radius 2 is 1.56 bits per heavy atom. The van der Waals surface area contributed by atoms with E-state index in [-0.39, 0.29) is 5.91 Å². The highest BCUT2D eigenvalue weighted by atomic mass is 35.5. The van der Waals surface area contributed by atoms with Gasteiger partial charge in [0.1, 0.15) is 5.00 Å². The normalized spacial score (nSPS) is 12.8. The first-order chi connectivity index (χ1) is 21.6. The van der Waals surface area contributed by atoms with Crippen molar-refractivity contribution in [3.8, 4) is 10.7 Å². The van der Waals surface area contributed by atoms with Crippen molar-refractivity contribution in [1.29, 1.82) is 0 Å². The second kappa shape index (κ2) is 12.5. The van der Waals surface area contributed by atoms with Crippen LogP contribution in [0.2, 0.25) is 5.02 Å². The van der Waals surface area contributed by atoms with Gasteiger partial charge in [0.15, 0.2) is 0 Å². The number of hydrazone groups is 1. The Hall–Kier alpha value is -4.40. The Balaban J connectivity index is 1.27. The number of nitrogens with zero attached hydrogens (tertiary/aromatic N) is 3. The third-order valence-corrected chi connectivity index (χ3v) is 10.1. The number of rotatable bonds is 7. The minimum Gasteiger partial charge on any atom is -0.322 e. The van der Waals surface area contributed by atoms with Gasteiger partial charge in [0.05, 0.1) is 22.4 Å². The molecule has 230 valence electrons. The molecule has 0 radical (unpaired) electrons. The van der Waals surface area contributed by atoms with Crippen LogP contribution in [-0.4, -0.2) is 27.2 Å². The van der Waals surface area contributed by atoms with Gasteiger partial charge in [-0.3, -0.25) is 9.59 Å². The minimum absolute atomic E-state index is 0.0901. The maximum Gasteiger partial charge on any atom is 0.272 e. The number of carbonyl (C=O) groups excluding carboxylic acids is 2. The maximum absolute atomic E-state index is 13.8. The lowest BCUT2D eigenvalue weighted by atomic mass is 9.95. The Bertz CT molecular complexity index is 1940. The fourth-order valence-corrected chi connectivity index (χ4v) is 7.83. The van der Waals surface area contributed by atoms with Crippen LogP contribution in [0.4, 0.5) is 5.69 Å². The molecular formula is C36H36ClN5O2S. The van der Waals surface area contributed by atoms with Gasteiger partial charge in [0.25, 0.3) is 11.8 Å². The van der Waals surface area contributed by atoms with Crippen LogP contribution in [0.1, 0.15) is 77.9 Å². The summed E-state index contributed by atoms with van der Waals surface area (Å²) in [7, 11) is 0. The molecule has 7 nitrogen and oxygen atoms in total. The third-order valence-electron chi connectivity index (χ3n) is 8.46. The van der Waals surface area contributed by atoms with Crippen molar-refractivity contribution in [3.63, 3.8) is 0 Å². The van der Waals surface area contributed by atoms with Gasteiger partial charge < -0.3 is 14.5 Å². The second-order valence-corrected chi connectivity index (χ2v) is 13.2. The van der Waals surface area contributed by atoms with Gasteiger partial charge >= 0.3 is 0 Å². The number of amides is 2. The molecular weight excluding hydrogens is 602 g/mol. The first-order valence-corrected chi connectivity index (χ1v) is 16.3. The van der Waals surface area contributed by atoms with Gasteiger partial charge in [-0.25, -0.2) is 5.43 Å². The molecule has 3 heterocycles. The van der Waals surface area contributed by atoms with E-state index in [9.17, 15) is 9.59 Å². The van der Waals surface area contributed by atoms with E-state index in [1.807, 2.05) is 83.1 Å². The summed E-state index contributed by atoms with van der Waals surface area (Å²) < 4.78 is 4.21. The molecule has 0 saturated heterocycles. The van der Waals surface area contributed by atoms with Gasteiger partial charge in [-0.1, -0.05) is 29.3 Å². The van der Waals surface area contributed by atoms with Crippen molar-refractivity contribution >= 4 is 46.7 Å². The molecule has 45 heavy (non-hydrogen) atoms. The summed E-state index contributed by atoms with van der Waals surface area (Å²) in [6.07, 6.45) is 5.74. The van der Waals surface area contributed by atoms with Crippen molar-refractivity contribution in [1.82, 2.24) is 14.6 Å². The fourth-order valence-electron chi connectivity index (χ4n) is 6.13. The predicted molar refractivity (Wildman–Crippen MR) is 184 cm³/mol. The molecule has 0 bridgehead atoms. The van der Waals surface area contributed by atoms with Crippen LogP contribution in [0.15, 0.2) is 65.8 Å². The van der Waals surface area contributed by atoms with E-state index in [0.717, 1.165) is 87.1 Å². The van der Waals surface area contributed by atoms with E-state index in [1.165, 1.54) is 4.88 Å². The molecule has 6 rings (SSSR count). The van der Waals surface area contributed by atoms with Crippen molar-refractivity contribution in [3.05, 3.63) is 121 Å². The summed E-state index contributed by atoms with van der Waals surface area (Å²) in [5.41, 5.74) is 12.6. The van der Waals surface area contributed by atoms with E-state index in [4.69, 9.17) is 11.6 Å². The molecule has 0 atom stereocenters. The molecule has 2 aromatic carbocycles. The average Bonchev–Trinajstić information content (AvgIpc) is 3.65. The van der Waals surface area contributed by atoms with E-state index in [1.54, 1.807) is 29.7 Å². The second-order valence-electron chi connectivity index (χ2n) is 11.7. The van der Waals surface area contributed by atoms with Crippen LogP contribution in [0, 0.1) is 34.6 Å². The summed E-state index contributed by atoms with van der Waals surface area (Å²) in [6, 6.07) is 19.4. The Morgan fingerprint density at radius 1 is 0.844 bits per heavy atom. The van der Waals surface area contributed by atoms with Crippen LogP contribution in [0.3, 0.4) is 0 Å². The van der Waals surface area contributed by atoms with Crippen LogP contribution in [0.5, 0.6) is 0 Å². The number of nitrogens with one attached hydrogen (secondary N) is 2. The highest BCUT2D eigenvalue weighted by Gasteiger charge is 2.28. The van der Waals surface area contributed by atoms with E-state index in [2.05, 4.69) is 25.0 Å². The zero-order valence-corrected chi connectivity index (χ0v) is 27.7. The lowest BCUT2D eigenvalue weighted by Gasteiger charge is -2.14. The number of carbonyl (C=O) groups is 2. The largest absolute Gasteiger partial charge is 0.322 e. The number of aryl methyl sites for hydroxylation is 5. The SMILES string of the molecule is Cc1ccc(NC(=O)c2c(-n3c(C)cc(C=NNC(=O)c4cc(-n5c(C)ccc5C)ccc4Cl)c3C)sc3c2CCCC3)cc1. The van der Waals surface area contributed by atoms with E-state index < -0.39 is 5.91 Å². The number of hydrogen-bond donors (Lipinski definition) is 2. The minimum atomic E-state index is -0.393. The molecule has 0 spiro atoms. The smallest absolute Gasteiger partial charge is 0.272 e. The summed E-state index contributed by atoms with van der Waals surface area (Å²) in [6.45, 7) is 10.1. The van der Waals surface area contributed by atoms with Crippen LogP contribution in [-0.2, 0) is 12.8 Å². The molecule has 2 amide bonds. The zero-order chi connectivity index (χ0) is 31.8. The number of aromatic nitrogens is 2. The summed E-state index contributed by atoms with van der Waals surface area (Å²) in [5, 5.41) is 8.71. The molecule has 1 aliphatic carbocycles. The number of halogens is 1. The Labute approximate surface area is 272 Å². The molecule has 0 aliphatic heterocycles. The lowest BCUT2D eigenvalue weighted by Crippen LogP contribution is -2.18. The Kier molecular flexibility index (Phi) is 8.53. The molecule has 1 aliphatic rings. The Morgan fingerprint density at radius 3 is 2.29 bits per heavy atom. The van der Waals surface area contributed by atoms with Crippen molar-refractivity contribution < 1.29 is 9.59 Å². The zero-order valence-electron chi connectivity index (χ0n) is 26.1. The molecule has 0 saturated carbocycles. The topological polar surface area (TPSA) is 80.4 Å². The van der Waals surface area contributed by atoms with Crippen LogP contribution in [0.25, 0.3) is 10.7 Å². The predicted octanol–water partition coefficient (Wildman–Crippen LogP) is 8.42. The van der Waals surface area contributed by atoms with Crippen molar-refractivity contribution in [2.75, 3.05) is 5.32 Å². The quantitative estimate of drug-likeness (QED) is 0.139. The highest BCUT2D eigenvalue weighted by Crippen LogP contribution is 2.39. The molecule has 5 aromatic rings. The molecule has 0 fully saturated rings. The summed E-state index contributed by atoms with van der Waals surface area (Å²) >= 11 is 8.13. The summed E-state index contributed by atoms with van der Waals surface area (Å²) in [4.78, 5) is 28.2. The van der Waals surface area contributed by atoms with Gasteiger partial charge in [-0.15, -0.1) is 11.3 Å². The number of fused-ring (bicyclic) bond motifs is 1. The standard InChI is InChI=1S/C36H36ClN5O2S/c1-21-10-14-27(15-11-21)39-35(44)33-29-8-6-7-9-32(29)45-36(33)42-24(4)18-26(25(42)5)20-38-40-34(43)30-19-28(16-17-31(30)37)41-22(2)12-13-23(41)3/h10-20H,6-9H2,1-5H3,(H,39,44)(H,40,43). The lowest BCUT2D eigenvalue weighted by molar-refractivity contribution is 0.0954. The van der Waals surface area contributed by atoms with Crippen molar-refractivity contribution in [2.45, 2.75) is 60.3 Å². The number of hydrogen-bond acceptors (Lipinski definition) is 4. The fraction of sp³-hybridized carbons (Fsp3) is 0.250. The summed E-state index contributed by atoms with van der Waals surface area (Å²) in [5.74, 6) is -0.483. The van der Waals surface area contributed by atoms with Gasteiger partial charge in [0, 0.05) is 44.6 Å². The molecule has 0 unspecified atom stereocenters. The molecule has 3 aromatic heterocycles. The molecule has 9 heteroatoms. The first-order valence-electron chi connectivity index (χ1n) is 15.1. The van der Waals surface area contributed by atoms with Crippen molar-refractivity contribution in [2.24, 2.45) is 5.10 Å². The number of thiophene rings is 1. The first kappa shape index (κ1) is 30.6. The van der Waals surface area contributed by atoms with E-state index in [0.29, 0.717) is 10.6 Å². The van der Waals surface area contributed by atoms with Crippen LogP contribution < -0.4 is 10.7 Å². The van der Waals surface area contributed by atoms with Crippen LogP contribution >= 0.6 is 22.9 Å². The monoisotopic (exact) mass is 637 g/mol.